The fourth-order valence-corrected chi connectivity index (χ4v) is 8.08. The smallest absolute Gasteiger partial charge is 0.178 e. The van der Waals surface area contributed by atoms with Crippen LogP contribution in [0.1, 0.15) is 86.0 Å². The lowest BCUT2D eigenvalue weighted by atomic mass is 9.47. The standard InChI is InChI=1S/C28H42O/c1-18(2)19(3)7-8-20(4)24-11-12-25-23-10-9-21-17-22(29)13-15-27(21,5)26(23)14-16-28(24,25)6/h13,15,17-18,20,23-26H,3,7-12,14,16H2,1-2,4-6H3/t20-,23+,24-,25+,26+,27+,28-/m1/s1. The summed E-state index contributed by atoms with van der Waals surface area (Å²) in [5.41, 5.74) is 3.51. The predicted octanol–water partition coefficient (Wildman–Crippen LogP) is 7.54. The lowest BCUT2D eigenvalue weighted by molar-refractivity contribution is -0.111. The quantitative estimate of drug-likeness (QED) is 0.440. The van der Waals surface area contributed by atoms with E-state index < -0.39 is 0 Å². The van der Waals surface area contributed by atoms with Crippen LogP contribution >= 0.6 is 0 Å². The number of hydrogen-bond donors (Lipinski definition) is 0. The van der Waals surface area contributed by atoms with Crippen molar-refractivity contribution in [2.24, 2.45) is 46.3 Å². The molecule has 160 valence electrons. The highest BCUT2D eigenvalue weighted by atomic mass is 16.1. The average Bonchev–Trinajstić information content (AvgIpc) is 3.03. The zero-order chi connectivity index (χ0) is 21.0. The van der Waals surface area contributed by atoms with E-state index in [9.17, 15) is 4.79 Å². The van der Waals surface area contributed by atoms with Crippen molar-refractivity contribution < 1.29 is 4.79 Å². The third kappa shape index (κ3) is 3.41. The Balaban J connectivity index is 1.50. The van der Waals surface area contributed by atoms with Crippen LogP contribution in [0.2, 0.25) is 0 Å². The monoisotopic (exact) mass is 394 g/mol. The average molecular weight is 395 g/mol. The van der Waals surface area contributed by atoms with Gasteiger partial charge in [-0.2, -0.15) is 0 Å². The van der Waals surface area contributed by atoms with Gasteiger partial charge in [-0.25, -0.2) is 0 Å². The summed E-state index contributed by atoms with van der Waals surface area (Å²) < 4.78 is 0. The normalized spacial score (nSPS) is 42.1. The van der Waals surface area contributed by atoms with Gasteiger partial charge in [0.25, 0.3) is 0 Å². The molecule has 0 unspecified atom stereocenters. The van der Waals surface area contributed by atoms with Gasteiger partial charge in [0.2, 0.25) is 0 Å². The van der Waals surface area contributed by atoms with Crippen LogP contribution in [-0.4, -0.2) is 5.78 Å². The highest BCUT2D eigenvalue weighted by Crippen LogP contribution is 2.67. The molecule has 0 bridgehead atoms. The van der Waals surface area contributed by atoms with Crippen LogP contribution in [0, 0.1) is 46.3 Å². The Morgan fingerprint density at radius 3 is 2.62 bits per heavy atom. The third-order valence-electron chi connectivity index (χ3n) is 10.1. The minimum Gasteiger partial charge on any atom is -0.290 e. The number of hydrogen-bond acceptors (Lipinski definition) is 1. The Bertz CT molecular complexity index is 739. The van der Waals surface area contributed by atoms with Gasteiger partial charge in [-0.1, -0.05) is 58.4 Å². The number of allylic oxidation sites excluding steroid dienone is 5. The van der Waals surface area contributed by atoms with Gasteiger partial charge in [0.05, 0.1) is 0 Å². The predicted molar refractivity (Wildman–Crippen MR) is 122 cm³/mol. The zero-order valence-electron chi connectivity index (χ0n) is 19.5. The molecule has 0 aromatic heterocycles. The molecule has 0 heterocycles. The van der Waals surface area contributed by atoms with E-state index >= 15 is 0 Å². The maximum absolute atomic E-state index is 12.0. The van der Waals surface area contributed by atoms with Crippen molar-refractivity contribution in [2.75, 3.05) is 0 Å². The van der Waals surface area contributed by atoms with E-state index in [1.165, 1.54) is 56.1 Å². The van der Waals surface area contributed by atoms with Crippen LogP contribution in [0.3, 0.4) is 0 Å². The zero-order valence-corrected chi connectivity index (χ0v) is 19.5. The van der Waals surface area contributed by atoms with Gasteiger partial charge >= 0.3 is 0 Å². The van der Waals surface area contributed by atoms with E-state index in [1.807, 2.05) is 12.2 Å². The molecule has 29 heavy (non-hydrogen) atoms. The lowest BCUT2D eigenvalue weighted by Gasteiger charge is -2.57. The molecule has 0 aliphatic heterocycles. The SMILES string of the molecule is C=C(CC[C@@H](C)[C@H]1CC[C@H]2[C@@H]3CCC4=CC(=O)C=C[C@]4(C)[C@H]3CC[C@]12C)C(C)C. The lowest BCUT2D eigenvalue weighted by Crippen LogP contribution is -2.50. The summed E-state index contributed by atoms with van der Waals surface area (Å²) in [5, 5.41) is 0. The first kappa shape index (κ1) is 21.1. The Hall–Kier alpha value is -1.11. The van der Waals surface area contributed by atoms with E-state index in [0.717, 1.165) is 36.0 Å². The minimum absolute atomic E-state index is 0.136. The second-order valence-electron chi connectivity index (χ2n) is 11.7. The van der Waals surface area contributed by atoms with Crippen molar-refractivity contribution in [3.8, 4) is 0 Å². The largest absolute Gasteiger partial charge is 0.290 e. The Morgan fingerprint density at radius 2 is 1.90 bits per heavy atom. The Morgan fingerprint density at radius 1 is 1.14 bits per heavy atom. The maximum atomic E-state index is 12.0. The van der Waals surface area contributed by atoms with Gasteiger partial charge < -0.3 is 0 Å². The van der Waals surface area contributed by atoms with Crippen LogP contribution in [0.15, 0.2) is 36.0 Å². The molecule has 4 rings (SSSR count). The first-order valence-electron chi connectivity index (χ1n) is 12.3. The van der Waals surface area contributed by atoms with Crippen molar-refractivity contribution >= 4 is 5.78 Å². The molecule has 0 radical (unpaired) electrons. The molecule has 1 nitrogen and oxygen atoms in total. The molecule has 4 aliphatic carbocycles. The summed E-state index contributed by atoms with van der Waals surface area (Å²) in [4.78, 5) is 12.0. The first-order chi connectivity index (χ1) is 13.7. The minimum atomic E-state index is 0.136. The molecule has 0 aromatic rings. The topological polar surface area (TPSA) is 17.1 Å². The number of carbonyl (C=O) groups excluding carboxylic acids is 1. The maximum Gasteiger partial charge on any atom is 0.178 e. The third-order valence-corrected chi connectivity index (χ3v) is 10.1. The number of rotatable bonds is 5. The van der Waals surface area contributed by atoms with Crippen molar-refractivity contribution in [1.29, 1.82) is 0 Å². The molecule has 3 fully saturated rings. The van der Waals surface area contributed by atoms with Crippen molar-refractivity contribution in [3.63, 3.8) is 0 Å². The van der Waals surface area contributed by atoms with E-state index in [0.29, 0.717) is 11.3 Å². The van der Waals surface area contributed by atoms with Crippen LogP contribution in [0.5, 0.6) is 0 Å². The fraction of sp³-hybridized carbons (Fsp3) is 0.750. The molecule has 4 aliphatic rings. The van der Waals surface area contributed by atoms with Gasteiger partial charge in [-0.15, -0.1) is 0 Å². The van der Waals surface area contributed by atoms with Crippen molar-refractivity contribution in [1.82, 2.24) is 0 Å². The molecule has 0 spiro atoms. The van der Waals surface area contributed by atoms with Gasteiger partial charge in [0.1, 0.15) is 0 Å². The van der Waals surface area contributed by atoms with Crippen molar-refractivity contribution in [2.45, 2.75) is 86.0 Å². The van der Waals surface area contributed by atoms with Gasteiger partial charge in [0.15, 0.2) is 5.78 Å². The summed E-state index contributed by atoms with van der Waals surface area (Å²) in [5.74, 6) is 4.96. The Labute approximate surface area is 179 Å². The van der Waals surface area contributed by atoms with Crippen LogP contribution in [0.4, 0.5) is 0 Å². The van der Waals surface area contributed by atoms with Crippen LogP contribution < -0.4 is 0 Å². The number of fused-ring (bicyclic) bond motifs is 5. The summed E-state index contributed by atoms with van der Waals surface area (Å²) in [7, 11) is 0. The molecule has 7 atom stereocenters. The first-order valence-corrected chi connectivity index (χ1v) is 12.3. The highest BCUT2D eigenvalue weighted by molar-refractivity contribution is 6.01. The van der Waals surface area contributed by atoms with E-state index in [-0.39, 0.29) is 11.2 Å². The van der Waals surface area contributed by atoms with Crippen molar-refractivity contribution in [3.05, 3.63) is 36.0 Å². The van der Waals surface area contributed by atoms with E-state index in [2.05, 4.69) is 47.3 Å². The van der Waals surface area contributed by atoms with Gasteiger partial charge in [0, 0.05) is 5.41 Å². The summed E-state index contributed by atoms with van der Waals surface area (Å²) in [6.07, 6.45) is 16.6. The molecule has 1 heteroatoms. The fourth-order valence-electron chi connectivity index (χ4n) is 8.08. The summed E-state index contributed by atoms with van der Waals surface area (Å²) in [6.45, 7) is 16.5. The van der Waals surface area contributed by atoms with E-state index in [1.54, 1.807) is 0 Å². The molecule has 0 aromatic carbocycles. The van der Waals surface area contributed by atoms with Gasteiger partial charge in [-0.05, 0) is 104 Å². The molecule has 0 saturated heterocycles. The molecular formula is C28H42O. The second kappa shape index (κ2) is 7.54. The van der Waals surface area contributed by atoms with Gasteiger partial charge in [-0.3, -0.25) is 4.79 Å². The molecule has 0 N–H and O–H groups in total. The molecular weight excluding hydrogens is 352 g/mol. The summed E-state index contributed by atoms with van der Waals surface area (Å²) >= 11 is 0. The molecule has 0 amide bonds. The highest BCUT2D eigenvalue weighted by Gasteiger charge is 2.58. The number of ketones is 1. The number of carbonyl (C=O) groups is 1. The summed E-state index contributed by atoms with van der Waals surface area (Å²) in [6, 6.07) is 0. The second-order valence-corrected chi connectivity index (χ2v) is 11.7. The van der Waals surface area contributed by atoms with Crippen LogP contribution in [-0.2, 0) is 4.79 Å². The van der Waals surface area contributed by atoms with E-state index in [4.69, 9.17) is 0 Å². The molecule has 3 saturated carbocycles. The van der Waals surface area contributed by atoms with Crippen LogP contribution in [0.25, 0.3) is 0 Å². The Kier molecular flexibility index (Phi) is 5.50.